The third-order valence-corrected chi connectivity index (χ3v) is 2.85. The molecule has 0 aliphatic heterocycles. The Balaban J connectivity index is 2.17. The number of hydrogen-bond acceptors (Lipinski definition) is 4. The Morgan fingerprint density at radius 2 is 2.05 bits per heavy atom. The van der Waals surface area contributed by atoms with Crippen molar-refractivity contribution in [2.45, 2.75) is 6.43 Å². The van der Waals surface area contributed by atoms with E-state index in [9.17, 15) is 8.78 Å². The molecule has 0 saturated carbocycles. The van der Waals surface area contributed by atoms with Crippen LogP contribution < -0.4 is 4.74 Å². The van der Waals surface area contributed by atoms with Crippen molar-refractivity contribution in [3.8, 4) is 17.4 Å². The summed E-state index contributed by atoms with van der Waals surface area (Å²) >= 11 is 0. The van der Waals surface area contributed by atoms with Crippen LogP contribution in [-0.4, -0.2) is 26.5 Å². The van der Waals surface area contributed by atoms with Crippen LogP contribution in [0.5, 0.6) is 5.88 Å². The van der Waals surface area contributed by atoms with Crippen LogP contribution in [0, 0.1) is 0 Å². The molecule has 3 aromatic rings. The maximum Gasteiger partial charge on any atom is 0.265 e. The van der Waals surface area contributed by atoms with E-state index in [1.165, 1.54) is 36.0 Å². The van der Waals surface area contributed by atoms with Crippen molar-refractivity contribution >= 4 is 5.65 Å². The highest BCUT2D eigenvalue weighted by atomic mass is 19.3. The smallest absolute Gasteiger partial charge is 0.265 e. The van der Waals surface area contributed by atoms with Crippen LogP contribution in [0.15, 0.2) is 36.8 Å². The third kappa shape index (κ3) is 2.07. The van der Waals surface area contributed by atoms with Gasteiger partial charge in [-0.15, -0.1) is 0 Å². The van der Waals surface area contributed by atoms with Gasteiger partial charge in [-0.25, -0.2) is 18.7 Å². The lowest BCUT2D eigenvalue weighted by atomic mass is 10.3. The Hall–Kier alpha value is -2.57. The number of nitrogens with zero attached hydrogens (tertiary/aromatic N) is 4. The summed E-state index contributed by atoms with van der Waals surface area (Å²) in [4.78, 5) is 12.4. The average molecular weight is 276 g/mol. The summed E-state index contributed by atoms with van der Waals surface area (Å²) < 4.78 is 32.1. The summed E-state index contributed by atoms with van der Waals surface area (Å²) in [5, 5.41) is 0. The Bertz CT molecular complexity index is 757. The second-order valence-corrected chi connectivity index (χ2v) is 4.06. The fraction of sp³-hybridized carbons (Fsp3) is 0.154. The quantitative estimate of drug-likeness (QED) is 0.738. The highest BCUT2D eigenvalue weighted by Gasteiger charge is 2.13. The van der Waals surface area contributed by atoms with Crippen LogP contribution in [0.4, 0.5) is 8.78 Å². The molecule has 0 unspecified atom stereocenters. The summed E-state index contributed by atoms with van der Waals surface area (Å²) in [5.41, 5.74) is 0.997. The first kappa shape index (κ1) is 12.5. The molecular formula is C13H10F2N4O. The van der Waals surface area contributed by atoms with Crippen LogP contribution in [-0.2, 0) is 0 Å². The zero-order chi connectivity index (χ0) is 14.1. The number of imidazole rings is 1. The lowest BCUT2D eigenvalue weighted by Crippen LogP contribution is -1.97. The minimum atomic E-state index is -2.54. The fourth-order valence-corrected chi connectivity index (χ4v) is 1.87. The molecule has 0 aromatic carbocycles. The van der Waals surface area contributed by atoms with Gasteiger partial charge in [-0.2, -0.15) is 4.98 Å². The number of rotatable bonds is 3. The molecule has 102 valence electrons. The first-order valence-electron chi connectivity index (χ1n) is 5.81. The molecule has 0 atom stereocenters. The molecule has 0 N–H and O–H groups in total. The van der Waals surface area contributed by atoms with Crippen molar-refractivity contribution in [1.29, 1.82) is 0 Å². The van der Waals surface area contributed by atoms with E-state index in [2.05, 4.69) is 15.0 Å². The summed E-state index contributed by atoms with van der Waals surface area (Å²) in [6, 6.07) is 4.49. The van der Waals surface area contributed by atoms with Gasteiger partial charge in [0, 0.05) is 24.0 Å². The fourth-order valence-electron chi connectivity index (χ4n) is 1.87. The maximum absolute atomic E-state index is 12.8. The zero-order valence-corrected chi connectivity index (χ0v) is 10.5. The summed E-state index contributed by atoms with van der Waals surface area (Å²) in [7, 11) is 1.50. The highest BCUT2D eigenvalue weighted by molar-refractivity contribution is 5.57. The molecule has 0 saturated heterocycles. The molecule has 3 aromatic heterocycles. The molecular weight excluding hydrogens is 266 g/mol. The largest absolute Gasteiger partial charge is 0.481 e. The number of hydrogen-bond donors (Lipinski definition) is 0. The van der Waals surface area contributed by atoms with Gasteiger partial charge in [0.05, 0.1) is 13.3 Å². The minimum Gasteiger partial charge on any atom is -0.481 e. The molecule has 0 bridgehead atoms. The molecule has 7 heteroatoms. The van der Waals surface area contributed by atoms with E-state index in [0.29, 0.717) is 23.0 Å². The molecule has 0 aliphatic rings. The van der Waals surface area contributed by atoms with Gasteiger partial charge in [0.15, 0.2) is 5.82 Å². The normalized spacial score (nSPS) is 11.2. The van der Waals surface area contributed by atoms with Crippen molar-refractivity contribution in [3.05, 3.63) is 42.4 Å². The van der Waals surface area contributed by atoms with Crippen molar-refractivity contribution in [2.24, 2.45) is 0 Å². The number of methoxy groups -OCH3 is 1. The number of fused-ring (bicyclic) bond motifs is 1. The van der Waals surface area contributed by atoms with E-state index in [1.54, 1.807) is 12.3 Å². The zero-order valence-electron chi connectivity index (χ0n) is 10.5. The molecule has 3 heterocycles. The van der Waals surface area contributed by atoms with E-state index in [-0.39, 0.29) is 5.56 Å². The van der Waals surface area contributed by atoms with Crippen molar-refractivity contribution in [1.82, 2.24) is 19.4 Å². The summed E-state index contributed by atoms with van der Waals surface area (Å²) in [5.74, 6) is 0.762. The lowest BCUT2D eigenvalue weighted by Gasteiger charge is -2.04. The van der Waals surface area contributed by atoms with E-state index in [1.807, 2.05) is 0 Å². The second-order valence-electron chi connectivity index (χ2n) is 4.06. The topological polar surface area (TPSA) is 52.3 Å². The van der Waals surface area contributed by atoms with Crippen LogP contribution in [0.3, 0.4) is 0 Å². The Labute approximate surface area is 112 Å². The van der Waals surface area contributed by atoms with Gasteiger partial charge in [-0.3, -0.25) is 4.40 Å². The second kappa shape index (κ2) is 4.84. The van der Waals surface area contributed by atoms with Gasteiger partial charge < -0.3 is 4.74 Å². The molecule has 0 aliphatic carbocycles. The number of aromatic nitrogens is 4. The molecule has 3 rings (SSSR count). The van der Waals surface area contributed by atoms with Gasteiger partial charge in [0.25, 0.3) is 6.43 Å². The molecule has 0 amide bonds. The Morgan fingerprint density at radius 1 is 1.20 bits per heavy atom. The van der Waals surface area contributed by atoms with Gasteiger partial charge in [-0.05, 0) is 12.1 Å². The SMILES string of the molecule is COc1ccnc(-c2cnc3ccc(C(F)F)cn23)n1. The number of ether oxygens (including phenoxy) is 1. The van der Waals surface area contributed by atoms with E-state index >= 15 is 0 Å². The monoisotopic (exact) mass is 276 g/mol. The summed E-state index contributed by atoms with van der Waals surface area (Å²) in [6.45, 7) is 0. The molecule has 5 nitrogen and oxygen atoms in total. The first-order chi connectivity index (χ1) is 9.69. The third-order valence-electron chi connectivity index (χ3n) is 2.85. The van der Waals surface area contributed by atoms with E-state index < -0.39 is 6.43 Å². The van der Waals surface area contributed by atoms with Crippen LogP contribution in [0.2, 0.25) is 0 Å². The van der Waals surface area contributed by atoms with Crippen LogP contribution in [0.1, 0.15) is 12.0 Å². The Kier molecular flexibility index (Phi) is 3.02. The van der Waals surface area contributed by atoms with Crippen molar-refractivity contribution in [3.63, 3.8) is 0 Å². The average Bonchev–Trinajstić information content (AvgIpc) is 2.90. The number of halogens is 2. The van der Waals surface area contributed by atoms with Crippen molar-refractivity contribution in [2.75, 3.05) is 7.11 Å². The van der Waals surface area contributed by atoms with Crippen LogP contribution >= 0.6 is 0 Å². The van der Waals surface area contributed by atoms with Crippen LogP contribution in [0.25, 0.3) is 17.2 Å². The molecule has 0 spiro atoms. The van der Waals surface area contributed by atoms with Crippen molar-refractivity contribution < 1.29 is 13.5 Å². The predicted octanol–water partition coefficient (Wildman–Crippen LogP) is 2.74. The van der Waals surface area contributed by atoms with E-state index in [0.717, 1.165) is 0 Å². The molecule has 20 heavy (non-hydrogen) atoms. The highest BCUT2D eigenvalue weighted by Crippen LogP contribution is 2.23. The maximum atomic E-state index is 12.8. The van der Waals surface area contributed by atoms with Gasteiger partial charge in [0.1, 0.15) is 11.3 Å². The molecule has 0 fully saturated rings. The van der Waals surface area contributed by atoms with Gasteiger partial charge in [-0.1, -0.05) is 0 Å². The van der Waals surface area contributed by atoms with Gasteiger partial charge in [0.2, 0.25) is 5.88 Å². The standard InChI is InChI=1S/C13H10F2N4O/c1-20-11-4-5-16-13(18-11)9-6-17-10-3-2-8(12(14)15)7-19(9)10/h2-7,12H,1H3. The Morgan fingerprint density at radius 3 is 2.80 bits per heavy atom. The van der Waals surface area contributed by atoms with E-state index in [4.69, 9.17) is 4.74 Å². The first-order valence-corrected chi connectivity index (χ1v) is 5.81. The van der Waals surface area contributed by atoms with Gasteiger partial charge >= 0.3 is 0 Å². The minimum absolute atomic E-state index is 0.0837. The molecule has 0 radical (unpaired) electrons. The number of alkyl halides is 2. The lowest BCUT2D eigenvalue weighted by molar-refractivity contribution is 0.151. The summed E-state index contributed by atoms with van der Waals surface area (Å²) in [6.07, 6.45) is 1.88. The number of pyridine rings is 1. The predicted molar refractivity (Wildman–Crippen MR) is 67.7 cm³/mol.